The molecule has 198 valence electrons. The maximum absolute atomic E-state index is 14.6. The highest BCUT2D eigenvalue weighted by atomic mass is 19.1. The molecule has 5 rings (SSSR count). The predicted octanol–water partition coefficient (Wildman–Crippen LogP) is 4.51. The minimum atomic E-state index is -0.809. The molecule has 0 saturated heterocycles. The Hall–Kier alpha value is -4.41. The van der Waals surface area contributed by atoms with Crippen LogP contribution in [0.3, 0.4) is 0 Å². The number of aromatic nitrogens is 3. The molecule has 2 aromatic heterocycles. The average Bonchev–Trinajstić information content (AvgIpc) is 3.20. The third-order valence-electron chi connectivity index (χ3n) is 6.75. The molecular formula is C27H26F2N4O5. The van der Waals surface area contributed by atoms with Crippen molar-refractivity contribution in [2.24, 2.45) is 5.92 Å². The van der Waals surface area contributed by atoms with Crippen LogP contribution in [0.25, 0.3) is 22.3 Å². The van der Waals surface area contributed by atoms with E-state index in [9.17, 15) is 18.7 Å². The number of methoxy groups -OCH3 is 3. The van der Waals surface area contributed by atoms with Crippen LogP contribution in [0.4, 0.5) is 14.6 Å². The van der Waals surface area contributed by atoms with E-state index in [1.807, 2.05) is 6.07 Å². The van der Waals surface area contributed by atoms with Gasteiger partial charge in [-0.15, -0.1) is 0 Å². The summed E-state index contributed by atoms with van der Waals surface area (Å²) in [5, 5.41) is 14.7. The lowest BCUT2D eigenvalue weighted by molar-refractivity contribution is -0.148. The Balaban J connectivity index is 1.57. The normalized spacial score (nSPS) is 16.7. The topological polar surface area (TPSA) is 108 Å². The molecule has 1 fully saturated rings. The number of hydrogen-bond acceptors (Lipinski definition) is 8. The molecular weight excluding hydrogens is 498 g/mol. The van der Waals surface area contributed by atoms with Crippen LogP contribution in [0.2, 0.25) is 0 Å². The van der Waals surface area contributed by atoms with Crippen molar-refractivity contribution in [3.05, 3.63) is 59.8 Å². The highest BCUT2D eigenvalue weighted by molar-refractivity contribution is 5.95. The number of anilines is 1. The molecule has 1 aliphatic carbocycles. The van der Waals surface area contributed by atoms with Crippen LogP contribution in [-0.4, -0.2) is 53.0 Å². The van der Waals surface area contributed by atoms with Crippen LogP contribution in [0.1, 0.15) is 18.4 Å². The van der Waals surface area contributed by atoms with Gasteiger partial charge >= 0.3 is 5.97 Å². The molecule has 4 aromatic rings. The number of ether oxygens (including phenoxy) is 3. The minimum absolute atomic E-state index is 0.134. The lowest BCUT2D eigenvalue weighted by Crippen LogP contribution is -2.40. The average molecular weight is 525 g/mol. The summed E-state index contributed by atoms with van der Waals surface area (Å²) in [5.74, 6) is -1.09. The van der Waals surface area contributed by atoms with E-state index in [0.717, 1.165) is 17.7 Å². The third kappa shape index (κ3) is 4.55. The summed E-state index contributed by atoms with van der Waals surface area (Å²) in [5.41, 5.74) is 0.670. The SMILES string of the molecule is COC(=O)C1CC(Nc2nc(-c3c(F)cccc3F)nc3cn(Cc4ccc(OC)cc4OC)c(O)c23)C1. The number of hydrogen-bond donors (Lipinski definition) is 2. The Bertz CT molecular complexity index is 1500. The van der Waals surface area contributed by atoms with Crippen molar-refractivity contribution in [3.8, 4) is 28.8 Å². The van der Waals surface area contributed by atoms with Crippen molar-refractivity contribution in [3.63, 3.8) is 0 Å². The van der Waals surface area contributed by atoms with Gasteiger partial charge < -0.3 is 29.2 Å². The number of fused-ring (bicyclic) bond motifs is 1. The summed E-state index contributed by atoms with van der Waals surface area (Å²) in [4.78, 5) is 20.6. The zero-order valence-corrected chi connectivity index (χ0v) is 21.0. The summed E-state index contributed by atoms with van der Waals surface area (Å²) in [7, 11) is 4.43. The van der Waals surface area contributed by atoms with E-state index >= 15 is 0 Å². The minimum Gasteiger partial charge on any atom is -0.497 e. The van der Waals surface area contributed by atoms with Gasteiger partial charge in [-0.1, -0.05) is 6.07 Å². The van der Waals surface area contributed by atoms with Crippen LogP contribution < -0.4 is 14.8 Å². The van der Waals surface area contributed by atoms with E-state index < -0.39 is 11.6 Å². The molecule has 0 aliphatic heterocycles. The van der Waals surface area contributed by atoms with Crippen LogP contribution >= 0.6 is 0 Å². The Morgan fingerprint density at radius 3 is 2.50 bits per heavy atom. The second-order valence-corrected chi connectivity index (χ2v) is 9.04. The van der Waals surface area contributed by atoms with E-state index in [4.69, 9.17) is 14.2 Å². The van der Waals surface area contributed by atoms with E-state index in [1.165, 1.54) is 20.3 Å². The summed E-state index contributed by atoms with van der Waals surface area (Å²) in [6, 6.07) is 8.69. The summed E-state index contributed by atoms with van der Waals surface area (Å²) in [6.07, 6.45) is 2.57. The fourth-order valence-corrected chi connectivity index (χ4v) is 4.65. The highest BCUT2D eigenvalue weighted by Gasteiger charge is 2.36. The van der Waals surface area contributed by atoms with Crippen molar-refractivity contribution in [1.29, 1.82) is 0 Å². The van der Waals surface area contributed by atoms with Gasteiger partial charge in [0, 0.05) is 23.9 Å². The number of carbonyl (C=O) groups is 1. The molecule has 0 atom stereocenters. The molecule has 1 saturated carbocycles. The molecule has 0 bridgehead atoms. The summed E-state index contributed by atoms with van der Waals surface area (Å²) in [6.45, 7) is 0.214. The third-order valence-corrected chi connectivity index (χ3v) is 6.75. The fraction of sp³-hybridized carbons (Fsp3) is 0.296. The zero-order valence-electron chi connectivity index (χ0n) is 21.0. The number of halogens is 2. The molecule has 0 spiro atoms. The highest BCUT2D eigenvalue weighted by Crippen LogP contribution is 2.39. The molecule has 2 N–H and O–H groups in total. The van der Waals surface area contributed by atoms with Gasteiger partial charge in [-0.3, -0.25) is 4.79 Å². The molecule has 0 radical (unpaired) electrons. The Morgan fingerprint density at radius 1 is 1.11 bits per heavy atom. The number of carbonyl (C=O) groups excluding carboxylic acids is 1. The quantitative estimate of drug-likeness (QED) is 0.324. The lowest BCUT2D eigenvalue weighted by Gasteiger charge is -2.34. The van der Waals surface area contributed by atoms with Gasteiger partial charge in [0.1, 0.15) is 34.3 Å². The smallest absolute Gasteiger partial charge is 0.308 e. The molecule has 9 nitrogen and oxygen atoms in total. The molecule has 0 amide bonds. The van der Waals surface area contributed by atoms with Crippen molar-refractivity contribution in [2.45, 2.75) is 25.4 Å². The summed E-state index contributed by atoms with van der Waals surface area (Å²) >= 11 is 0. The molecule has 1 aliphatic rings. The van der Waals surface area contributed by atoms with Crippen LogP contribution in [-0.2, 0) is 16.1 Å². The lowest BCUT2D eigenvalue weighted by atomic mass is 9.80. The monoisotopic (exact) mass is 524 g/mol. The Labute approximate surface area is 217 Å². The first kappa shape index (κ1) is 25.2. The number of rotatable bonds is 8. The van der Waals surface area contributed by atoms with Crippen molar-refractivity contribution < 1.29 is 32.9 Å². The van der Waals surface area contributed by atoms with Gasteiger partial charge in [0.25, 0.3) is 0 Å². The fourth-order valence-electron chi connectivity index (χ4n) is 4.65. The second-order valence-electron chi connectivity index (χ2n) is 9.04. The van der Waals surface area contributed by atoms with Gasteiger partial charge in [-0.25, -0.2) is 18.7 Å². The van der Waals surface area contributed by atoms with Gasteiger partial charge in [-0.05, 0) is 37.1 Å². The maximum atomic E-state index is 14.6. The molecule has 2 heterocycles. The van der Waals surface area contributed by atoms with E-state index in [0.29, 0.717) is 29.7 Å². The standard InChI is InChI=1S/C27H26F2N4O5/c1-36-17-8-7-14(21(11-17)37-2)12-33-13-20-23(26(33)34)25(30-16-9-15(10-16)27(35)38-3)32-24(31-20)22-18(28)5-4-6-19(22)29/h4-8,11,13,15-16,34H,9-10,12H2,1-3H3,(H,30,31,32). The van der Waals surface area contributed by atoms with Crippen molar-refractivity contribution in [2.75, 3.05) is 26.6 Å². The molecule has 11 heteroatoms. The van der Waals surface area contributed by atoms with Gasteiger partial charge in [-0.2, -0.15) is 0 Å². The first-order valence-corrected chi connectivity index (χ1v) is 11.9. The van der Waals surface area contributed by atoms with Gasteiger partial charge in [0.15, 0.2) is 5.82 Å². The van der Waals surface area contributed by atoms with Crippen molar-refractivity contribution >= 4 is 22.7 Å². The van der Waals surface area contributed by atoms with Gasteiger partial charge in [0.05, 0.1) is 44.9 Å². The first-order valence-electron chi connectivity index (χ1n) is 11.9. The second kappa shape index (κ2) is 10.2. The van der Waals surface area contributed by atoms with E-state index in [2.05, 4.69) is 15.3 Å². The first-order chi connectivity index (χ1) is 18.3. The Morgan fingerprint density at radius 2 is 1.84 bits per heavy atom. The summed E-state index contributed by atoms with van der Waals surface area (Å²) < 4.78 is 46.4. The maximum Gasteiger partial charge on any atom is 0.308 e. The molecule has 2 aromatic carbocycles. The van der Waals surface area contributed by atoms with E-state index in [1.54, 1.807) is 30.0 Å². The van der Waals surface area contributed by atoms with Crippen LogP contribution in [0.15, 0.2) is 42.6 Å². The largest absolute Gasteiger partial charge is 0.497 e. The zero-order chi connectivity index (χ0) is 27.0. The number of benzene rings is 2. The van der Waals surface area contributed by atoms with Crippen molar-refractivity contribution in [1.82, 2.24) is 14.5 Å². The molecule has 38 heavy (non-hydrogen) atoms. The van der Waals surface area contributed by atoms with Crippen LogP contribution in [0, 0.1) is 17.6 Å². The number of nitrogens with one attached hydrogen (secondary N) is 1. The number of aromatic hydroxyl groups is 1. The Kier molecular flexibility index (Phi) is 6.75. The van der Waals surface area contributed by atoms with Gasteiger partial charge in [0.2, 0.25) is 5.88 Å². The number of esters is 1. The predicted molar refractivity (Wildman–Crippen MR) is 135 cm³/mol. The van der Waals surface area contributed by atoms with Crippen LogP contribution in [0.5, 0.6) is 17.4 Å². The van der Waals surface area contributed by atoms with E-state index in [-0.39, 0.29) is 53.1 Å². The number of nitrogens with zero attached hydrogens (tertiary/aromatic N) is 3. The molecule has 0 unspecified atom stereocenters.